The largest absolute Gasteiger partial charge is 0.398 e. The number of rotatable bonds is 1. The molecule has 3 rings (SSSR count). The quantitative estimate of drug-likeness (QED) is 0.659. The predicted molar refractivity (Wildman–Crippen MR) is 73.5 cm³/mol. The second-order valence-corrected chi connectivity index (χ2v) is 4.58. The van der Waals surface area contributed by atoms with Gasteiger partial charge in [0.05, 0.1) is 16.1 Å². The van der Waals surface area contributed by atoms with Crippen LogP contribution in [0.5, 0.6) is 0 Å². The van der Waals surface area contributed by atoms with Gasteiger partial charge in [0.15, 0.2) is 5.65 Å². The van der Waals surface area contributed by atoms with Gasteiger partial charge in [0.1, 0.15) is 5.82 Å². The van der Waals surface area contributed by atoms with Gasteiger partial charge in [0, 0.05) is 11.9 Å². The SMILES string of the molecule is Cc1cnc2nc(-c3c(N)cccc3Cl)[nH]c2c1. The topological polar surface area (TPSA) is 67.6 Å². The summed E-state index contributed by atoms with van der Waals surface area (Å²) in [5.41, 5.74) is 9.87. The van der Waals surface area contributed by atoms with Crippen molar-refractivity contribution < 1.29 is 0 Å². The zero-order chi connectivity index (χ0) is 12.7. The van der Waals surface area contributed by atoms with Crippen molar-refractivity contribution >= 4 is 28.5 Å². The molecule has 0 unspecified atom stereocenters. The summed E-state index contributed by atoms with van der Waals surface area (Å²) < 4.78 is 0. The zero-order valence-corrected chi connectivity index (χ0v) is 10.5. The van der Waals surface area contributed by atoms with Gasteiger partial charge in [0.25, 0.3) is 0 Å². The second-order valence-electron chi connectivity index (χ2n) is 4.17. The van der Waals surface area contributed by atoms with Crippen molar-refractivity contribution in [2.45, 2.75) is 6.92 Å². The van der Waals surface area contributed by atoms with Gasteiger partial charge in [-0.25, -0.2) is 9.97 Å². The Bertz CT molecular complexity index is 713. The summed E-state index contributed by atoms with van der Waals surface area (Å²) in [5, 5.41) is 0.575. The van der Waals surface area contributed by atoms with E-state index >= 15 is 0 Å². The number of anilines is 1. The van der Waals surface area contributed by atoms with Gasteiger partial charge in [-0.1, -0.05) is 17.7 Å². The highest BCUT2D eigenvalue weighted by molar-refractivity contribution is 6.33. The number of H-pyrrole nitrogens is 1. The van der Waals surface area contributed by atoms with E-state index in [4.69, 9.17) is 17.3 Å². The minimum Gasteiger partial charge on any atom is -0.398 e. The third kappa shape index (κ3) is 1.71. The predicted octanol–water partition coefficient (Wildman–Crippen LogP) is 3.17. The third-order valence-corrected chi connectivity index (χ3v) is 3.07. The van der Waals surface area contributed by atoms with Gasteiger partial charge < -0.3 is 10.7 Å². The molecule has 18 heavy (non-hydrogen) atoms. The molecule has 0 saturated heterocycles. The van der Waals surface area contributed by atoms with Crippen LogP contribution in [0.25, 0.3) is 22.6 Å². The molecule has 0 aliphatic carbocycles. The van der Waals surface area contributed by atoms with Crippen LogP contribution in [0, 0.1) is 6.92 Å². The Kier molecular flexibility index (Phi) is 2.45. The van der Waals surface area contributed by atoms with Crippen LogP contribution in [0.4, 0.5) is 5.69 Å². The van der Waals surface area contributed by atoms with Crippen molar-refractivity contribution in [3.63, 3.8) is 0 Å². The molecule has 3 aromatic rings. The number of benzene rings is 1. The first kappa shape index (κ1) is 11.0. The number of pyridine rings is 1. The number of nitrogen functional groups attached to an aromatic ring is 1. The monoisotopic (exact) mass is 258 g/mol. The average molecular weight is 259 g/mol. The number of halogens is 1. The molecule has 0 atom stereocenters. The number of nitrogens with one attached hydrogen (secondary N) is 1. The van der Waals surface area contributed by atoms with E-state index in [-0.39, 0.29) is 0 Å². The Balaban J connectivity index is 2.26. The Hall–Kier alpha value is -2.07. The number of hydrogen-bond acceptors (Lipinski definition) is 3. The van der Waals surface area contributed by atoms with Crippen LogP contribution < -0.4 is 5.73 Å². The maximum absolute atomic E-state index is 6.16. The van der Waals surface area contributed by atoms with E-state index in [2.05, 4.69) is 15.0 Å². The number of aromatic nitrogens is 3. The lowest BCUT2D eigenvalue weighted by atomic mass is 10.2. The maximum Gasteiger partial charge on any atom is 0.178 e. The van der Waals surface area contributed by atoms with Crippen LogP contribution in [0.2, 0.25) is 5.02 Å². The molecule has 0 amide bonds. The number of hydrogen-bond donors (Lipinski definition) is 2. The van der Waals surface area contributed by atoms with E-state index in [1.54, 1.807) is 18.3 Å². The molecule has 1 aromatic carbocycles. The standard InChI is InChI=1S/C13H11ClN4/c1-7-5-10-12(16-6-7)18-13(17-10)11-8(14)3-2-4-9(11)15/h2-6H,15H2,1H3,(H,16,17,18). The molecule has 0 spiro atoms. The van der Waals surface area contributed by atoms with E-state index < -0.39 is 0 Å². The fourth-order valence-corrected chi connectivity index (χ4v) is 2.18. The lowest BCUT2D eigenvalue weighted by Crippen LogP contribution is -1.91. The smallest absolute Gasteiger partial charge is 0.178 e. The summed E-state index contributed by atoms with van der Waals surface area (Å²) in [6.07, 6.45) is 1.78. The van der Waals surface area contributed by atoms with Crippen LogP contribution in [0.15, 0.2) is 30.5 Å². The first-order chi connectivity index (χ1) is 8.65. The summed E-state index contributed by atoms with van der Waals surface area (Å²) in [7, 11) is 0. The molecule has 0 radical (unpaired) electrons. The molecular formula is C13H11ClN4. The molecule has 0 saturated carbocycles. The van der Waals surface area contributed by atoms with E-state index in [0.717, 1.165) is 16.6 Å². The van der Waals surface area contributed by atoms with Crippen LogP contribution in [0.1, 0.15) is 5.56 Å². The van der Waals surface area contributed by atoms with Crippen LogP contribution in [-0.4, -0.2) is 15.0 Å². The first-order valence-corrected chi connectivity index (χ1v) is 5.89. The van der Waals surface area contributed by atoms with Gasteiger partial charge in [-0.15, -0.1) is 0 Å². The van der Waals surface area contributed by atoms with E-state index in [1.807, 2.05) is 19.1 Å². The van der Waals surface area contributed by atoms with Crippen molar-refractivity contribution in [3.05, 3.63) is 41.0 Å². The normalized spacial score (nSPS) is 11.0. The summed E-state index contributed by atoms with van der Waals surface area (Å²) in [6.45, 7) is 1.98. The van der Waals surface area contributed by atoms with Crippen LogP contribution in [0.3, 0.4) is 0 Å². The minimum atomic E-state index is 0.575. The lowest BCUT2D eigenvalue weighted by Gasteiger charge is -2.03. The number of imidazole rings is 1. The van der Waals surface area contributed by atoms with Gasteiger partial charge in [-0.2, -0.15) is 0 Å². The highest BCUT2D eigenvalue weighted by atomic mass is 35.5. The Morgan fingerprint density at radius 2 is 2.17 bits per heavy atom. The number of aryl methyl sites for hydroxylation is 1. The van der Waals surface area contributed by atoms with Gasteiger partial charge in [-0.3, -0.25) is 0 Å². The average Bonchev–Trinajstić information content (AvgIpc) is 2.71. The fourth-order valence-electron chi connectivity index (χ4n) is 1.91. The molecule has 2 aromatic heterocycles. The molecule has 4 nitrogen and oxygen atoms in total. The molecule has 3 N–H and O–H groups in total. The molecule has 0 aliphatic rings. The lowest BCUT2D eigenvalue weighted by molar-refractivity contribution is 1.28. The third-order valence-electron chi connectivity index (χ3n) is 2.76. The first-order valence-electron chi connectivity index (χ1n) is 5.52. The maximum atomic E-state index is 6.16. The van der Waals surface area contributed by atoms with Crippen LogP contribution in [-0.2, 0) is 0 Å². The van der Waals surface area contributed by atoms with Gasteiger partial charge >= 0.3 is 0 Å². The van der Waals surface area contributed by atoms with Crippen molar-refractivity contribution in [2.75, 3.05) is 5.73 Å². The van der Waals surface area contributed by atoms with Crippen molar-refractivity contribution in [1.82, 2.24) is 15.0 Å². The number of fused-ring (bicyclic) bond motifs is 1. The van der Waals surface area contributed by atoms with E-state index in [9.17, 15) is 0 Å². The molecule has 0 aliphatic heterocycles. The molecule has 2 heterocycles. The summed E-state index contributed by atoms with van der Waals surface area (Å²) in [5.74, 6) is 0.645. The summed E-state index contributed by atoms with van der Waals surface area (Å²) >= 11 is 6.16. The number of nitrogens with zero attached hydrogens (tertiary/aromatic N) is 2. The molecule has 5 heteroatoms. The summed E-state index contributed by atoms with van der Waals surface area (Å²) in [6, 6.07) is 7.39. The van der Waals surface area contributed by atoms with E-state index in [0.29, 0.717) is 22.2 Å². The fraction of sp³-hybridized carbons (Fsp3) is 0.0769. The van der Waals surface area contributed by atoms with Gasteiger partial charge in [0.2, 0.25) is 0 Å². The second kappa shape index (κ2) is 3.99. The van der Waals surface area contributed by atoms with Crippen molar-refractivity contribution in [1.29, 1.82) is 0 Å². The zero-order valence-electron chi connectivity index (χ0n) is 9.74. The molecule has 0 bridgehead atoms. The van der Waals surface area contributed by atoms with Crippen LogP contribution >= 0.6 is 11.6 Å². The highest BCUT2D eigenvalue weighted by Crippen LogP contribution is 2.32. The van der Waals surface area contributed by atoms with E-state index in [1.165, 1.54) is 0 Å². The minimum absolute atomic E-state index is 0.575. The van der Waals surface area contributed by atoms with Crippen molar-refractivity contribution in [3.8, 4) is 11.4 Å². The Morgan fingerprint density at radius 1 is 1.33 bits per heavy atom. The summed E-state index contributed by atoms with van der Waals surface area (Å²) in [4.78, 5) is 11.9. The molecule has 90 valence electrons. The van der Waals surface area contributed by atoms with Gasteiger partial charge in [-0.05, 0) is 30.7 Å². The highest BCUT2D eigenvalue weighted by Gasteiger charge is 2.12. The molecular weight excluding hydrogens is 248 g/mol. The Morgan fingerprint density at radius 3 is 2.94 bits per heavy atom. The number of aromatic amines is 1. The van der Waals surface area contributed by atoms with Crippen molar-refractivity contribution in [2.24, 2.45) is 0 Å². The Labute approximate surface area is 109 Å². The molecule has 0 fully saturated rings. The number of nitrogens with two attached hydrogens (primary N) is 1.